The van der Waals surface area contributed by atoms with Gasteiger partial charge in [0.1, 0.15) is 0 Å². The van der Waals surface area contributed by atoms with E-state index in [-0.39, 0.29) is 24.0 Å². The van der Waals surface area contributed by atoms with Gasteiger partial charge in [-0.3, -0.25) is 4.99 Å². The first-order valence-electron chi connectivity index (χ1n) is 8.68. The largest absolute Gasteiger partial charge is 0.382 e. The molecule has 0 aliphatic carbocycles. The van der Waals surface area contributed by atoms with Gasteiger partial charge in [-0.15, -0.1) is 24.0 Å². The number of halogens is 1. The summed E-state index contributed by atoms with van der Waals surface area (Å²) in [6.45, 7) is 10.5. The Hall–Kier alpha value is -0.120. The fraction of sp³-hybridized carbons (Fsp3) is 0.938. The summed E-state index contributed by atoms with van der Waals surface area (Å²) in [5.74, 6) is 0.917. The normalized spacial score (nSPS) is 15.5. The molecule has 0 aromatic carbocycles. The lowest BCUT2D eigenvalue weighted by molar-refractivity contribution is 0.0702. The van der Waals surface area contributed by atoms with E-state index in [1.165, 1.54) is 38.9 Å². The zero-order valence-corrected chi connectivity index (χ0v) is 17.1. The van der Waals surface area contributed by atoms with Crippen molar-refractivity contribution in [2.45, 2.75) is 32.6 Å². The topological polar surface area (TPSA) is 58.1 Å². The summed E-state index contributed by atoms with van der Waals surface area (Å²) in [5.41, 5.74) is 0. The van der Waals surface area contributed by atoms with Gasteiger partial charge >= 0.3 is 0 Å². The van der Waals surface area contributed by atoms with Crippen molar-refractivity contribution in [1.82, 2.24) is 15.5 Å². The van der Waals surface area contributed by atoms with Gasteiger partial charge in [-0.2, -0.15) is 0 Å². The highest BCUT2D eigenvalue weighted by molar-refractivity contribution is 14.0. The first-order chi connectivity index (χ1) is 10.9. The van der Waals surface area contributed by atoms with Crippen LogP contribution in [0.5, 0.6) is 0 Å². The molecule has 0 amide bonds. The van der Waals surface area contributed by atoms with E-state index in [0.717, 1.165) is 38.6 Å². The minimum absolute atomic E-state index is 0. The van der Waals surface area contributed by atoms with Crippen LogP contribution in [0.1, 0.15) is 32.6 Å². The maximum atomic E-state index is 5.43. The molecule has 1 saturated heterocycles. The van der Waals surface area contributed by atoms with Gasteiger partial charge in [0.25, 0.3) is 0 Å². The molecule has 1 heterocycles. The Kier molecular flexibility index (Phi) is 16.6. The number of likely N-dealkylation sites (tertiary alicyclic amines) is 1. The standard InChI is InChI=1S/C16H34N4O2.HI/c1-3-17-16(19-9-7-13-22-15-14-21-2)18-8-6-12-20-10-4-5-11-20;/h3-15H2,1-2H3,(H2,17,18,19);1H. The number of methoxy groups -OCH3 is 1. The third-order valence-electron chi connectivity index (χ3n) is 3.63. The molecule has 0 aromatic heterocycles. The molecule has 0 unspecified atom stereocenters. The van der Waals surface area contributed by atoms with Crippen LogP contribution in [-0.4, -0.2) is 77.1 Å². The second kappa shape index (κ2) is 16.7. The molecule has 6 nitrogen and oxygen atoms in total. The van der Waals surface area contributed by atoms with Crippen LogP contribution < -0.4 is 10.6 Å². The highest BCUT2D eigenvalue weighted by atomic mass is 127. The van der Waals surface area contributed by atoms with Crippen molar-refractivity contribution >= 4 is 29.9 Å². The maximum Gasteiger partial charge on any atom is 0.191 e. The van der Waals surface area contributed by atoms with E-state index < -0.39 is 0 Å². The number of ether oxygens (including phenoxy) is 2. The van der Waals surface area contributed by atoms with Crippen LogP contribution in [0.25, 0.3) is 0 Å². The number of nitrogens with one attached hydrogen (secondary N) is 2. The molecule has 2 N–H and O–H groups in total. The van der Waals surface area contributed by atoms with Crippen LogP contribution in [0.15, 0.2) is 4.99 Å². The zero-order chi connectivity index (χ0) is 15.9. The highest BCUT2D eigenvalue weighted by Gasteiger charge is 2.10. The molecule has 0 spiro atoms. The van der Waals surface area contributed by atoms with Crippen molar-refractivity contribution in [2.24, 2.45) is 4.99 Å². The van der Waals surface area contributed by atoms with Crippen molar-refractivity contribution in [1.29, 1.82) is 0 Å². The second-order valence-electron chi connectivity index (χ2n) is 5.55. The van der Waals surface area contributed by atoms with Crippen molar-refractivity contribution in [2.75, 3.05) is 66.2 Å². The number of rotatable bonds is 12. The van der Waals surface area contributed by atoms with E-state index in [0.29, 0.717) is 13.2 Å². The lowest BCUT2D eigenvalue weighted by Gasteiger charge is -2.15. The lowest BCUT2D eigenvalue weighted by Crippen LogP contribution is -2.38. The quantitative estimate of drug-likeness (QED) is 0.209. The Morgan fingerprint density at radius 1 is 1.09 bits per heavy atom. The SMILES string of the molecule is CCNC(=NCCCOCCOC)NCCCN1CCCC1.I. The lowest BCUT2D eigenvalue weighted by atomic mass is 10.4. The van der Waals surface area contributed by atoms with E-state index in [4.69, 9.17) is 9.47 Å². The number of aliphatic imine (C=N–C) groups is 1. The predicted octanol–water partition coefficient (Wildman–Crippen LogP) is 1.70. The predicted molar refractivity (Wildman–Crippen MR) is 107 cm³/mol. The molecule has 1 aliphatic rings. The smallest absolute Gasteiger partial charge is 0.191 e. The van der Waals surface area contributed by atoms with Crippen LogP contribution in [0.3, 0.4) is 0 Å². The van der Waals surface area contributed by atoms with E-state index in [9.17, 15) is 0 Å². The Balaban J connectivity index is 0.00000484. The van der Waals surface area contributed by atoms with Crippen LogP contribution in [0, 0.1) is 0 Å². The molecule has 23 heavy (non-hydrogen) atoms. The Morgan fingerprint density at radius 2 is 1.87 bits per heavy atom. The van der Waals surface area contributed by atoms with Crippen molar-refractivity contribution in [3.8, 4) is 0 Å². The maximum absolute atomic E-state index is 5.43. The first-order valence-corrected chi connectivity index (χ1v) is 8.68. The molecule has 0 aromatic rings. The van der Waals surface area contributed by atoms with Crippen LogP contribution in [0.4, 0.5) is 0 Å². The Labute approximate surface area is 158 Å². The number of hydrogen-bond donors (Lipinski definition) is 2. The average Bonchev–Trinajstić information content (AvgIpc) is 3.03. The molecule has 1 aliphatic heterocycles. The second-order valence-corrected chi connectivity index (χ2v) is 5.55. The zero-order valence-electron chi connectivity index (χ0n) is 14.8. The van der Waals surface area contributed by atoms with E-state index in [2.05, 4.69) is 27.4 Å². The number of guanidine groups is 1. The van der Waals surface area contributed by atoms with Crippen LogP contribution in [-0.2, 0) is 9.47 Å². The Bertz CT molecular complexity index is 287. The average molecular weight is 442 g/mol. The van der Waals surface area contributed by atoms with Gasteiger partial charge < -0.3 is 25.0 Å². The van der Waals surface area contributed by atoms with Crippen molar-refractivity contribution < 1.29 is 9.47 Å². The summed E-state index contributed by atoms with van der Waals surface area (Å²) < 4.78 is 10.4. The van der Waals surface area contributed by atoms with Gasteiger partial charge in [0.15, 0.2) is 5.96 Å². The Morgan fingerprint density at radius 3 is 2.57 bits per heavy atom. The van der Waals surface area contributed by atoms with Crippen molar-refractivity contribution in [3.63, 3.8) is 0 Å². The molecule has 0 atom stereocenters. The van der Waals surface area contributed by atoms with Crippen LogP contribution >= 0.6 is 24.0 Å². The summed E-state index contributed by atoms with van der Waals surface area (Å²) in [6, 6.07) is 0. The summed E-state index contributed by atoms with van der Waals surface area (Å²) in [5, 5.41) is 6.69. The molecule has 1 fully saturated rings. The van der Waals surface area contributed by atoms with E-state index in [1.807, 2.05) is 0 Å². The summed E-state index contributed by atoms with van der Waals surface area (Å²) in [6.07, 6.45) is 4.84. The summed E-state index contributed by atoms with van der Waals surface area (Å²) in [4.78, 5) is 7.11. The van der Waals surface area contributed by atoms with E-state index in [1.54, 1.807) is 7.11 Å². The molecule has 0 saturated carbocycles. The third-order valence-corrected chi connectivity index (χ3v) is 3.63. The fourth-order valence-corrected chi connectivity index (χ4v) is 2.46. The molecule has 138 valence electrons. The molecular formula is C16H35IN4O2. The van der Waals surface area contributed by atoms with Gasteiger partial charge in [0.2, 0.25) is 0 Å². The van der Waals surface area contributed by atoms with Crippen molar-refractivity contribution in [3.05, 3.63) is 0 Å². The molecule has 0 bridgehead atoms. The van der Waals surface area contributed by atoms with Gasteiger partial charge in [0.05, 0.1) is 13.2 Å². The summed E-state index contributed by atoms with van der Waals surface area (Å²) in [7, 11) is 1.69. The van der Waals surface area contributed by atoms with Crippen LogP contribution in [0.2, 0.25) is 0 Å². The summed E-state index contributed by atoms with van der Waals surface area (Å²) >= 11 is 0. The fourth-order valence-electron chi connectivity index (χ4n) is 2.46. The molecular weight excluding hydrogens is 407 g/mol. The van der Waals surface area contributed by atoms with Gasteiger partial charge in [-0.1, -0.05) is 0 Å². The third kappa shape index (κ3) is 12.9. The van der Waals surface area contributed by atoms with Gasteiger partial charge in [0, 0.05) is 33.4 Å². The number of hydrogen-bond acceptors (Lipinski definition) is 4. The highest BCUT2D eigenvalue weighted by Crippen LogP contribution is 2.06. The molecule has 1 rings (SSSR count). The monoisotopic (exact) mass is 442 g/mol. The molecule has 7 heteroatoms. The van der Waals surface area contributed by atoms with Gasteiger partial charge in [-0.25, -0.2) is 0 Å². The number of nitrogens with zero attached hydrogens (tertiary/aromatic N) is 2. The van der Waals surface area contributed by atoms with E-state index >= 15 is 0 Å². The minimum Gasteiger partial charge on any atom is -0.382 e. The van der Waals surface area contributed by atoms with Gasteiger partial charge in [-0.05, 0) is 52.2 Å². The molecule has 0 radical (unpaired) electrons. The minimum atomic E-state index is 0. The first kappa shape index (κ1) is 22.9.